The van der Waals surface area contributed by atoms with Gasteiger partial charge in [0.25, 0.3) is 11.5 Å². The van der Waals surface area contributed by atoms with Crippen LogP contribution in [0.2, 0.25) is 0 Å². The Hall–Kier alpha value is -4.45. The first-order chi connectivity index (χ1) is 17.0. The van der Waals surface area contributed by atoms with E-state index in [1.165, 1.54) is 0 Å². The van der Waals surface area contributed by atoms with Crippen molar-refractivity contribution in [3.8, 4) is 0 Å². The SMILES string of the molecule is O=C(O)Cc1cccc(C(=O)NCCn2cc(C(c3ccccc3)c3ccccc3)ccc2=O)c1. The molecule has 0 spiro atoms. The fourth-order valence-electron chi connectivity index (χ4n) is 4.15. The van der Waals surface area contributed by atoms with Crippen LogP contribution in [-0.4, -0.2) is 28.1 Å². The number of aromatic nitrogens is 1. The molecule has 4 rings (SSSR count). The summed E-state index contributed by atoms with van der Waals surface area (Å²) in [6.45, 7) is 0.566. The van der Waals surface area contributed by atoms with E-state index < -0.39 is 5.97 Å². The third kappa shape index (κ3) is 6.12. The van der Waals surface area contributed by atoms with E-state index >= 15 is 0 Å². The average Bonchev–Trinajstić information content (AvgIpc) is 2.87. The van der Waals surface area contributed by atoms with Gasteiger partial charge in [-0.3, -0.25) is 14.4 Å². The van der Waals surface area contributed by atoms with Gasteiger partial charge in [0.1, 0.15) is 0 Å². The van der Waals surface area contributed by atoms with Crippen molar-refractivity contribution in [2.75, 3.05) is 6.54 Å². The van der Waals surface area contributed by atoms with Crippen LogP contribution in [0, 0.1) is 0 Å². The summed E-state index contributed by atoms with van der Waals surface area (Å²) in [5, 5.41) is 11.8. The number of hydrogen-bond donors (Lipinski definition) is 2. The number of benzene rings is 3. The molecule has 176 valence electrons. The topological polar surface area (TPSA) is 88.4 Å². The molecule has 2 N–H and O–H groups in total. The summed E-state index contributed by atoms with van der Waals surface area (Å²) in [6, 6.07) is 30.2. The summed E-state index contributed by atoms with van der Waals surface area (Å²) in [7, 11) is 0. The van der Waals surface area contributed by atoms with E-state index in [9.17, 15) is 14.4 Å². The molecule has 4 aromatic rings. The fraction of sp³-hybridized carbons (Fsp3) is 0.138. The standard InChI is InChI=1S/C29H26N2O4/c32-26-15-14-25(28(22-9-3-1-4-10-22)23-11-5-2-6-12-23)20-31(26)17-16-30-29(35)24-13-7-8-21(18-24)19-27(33)34/h1-15,18,20,28H,16-17,19H2,(H,30,35)(H,33,34). The predicted molar refractivity (Wildman–Crippen MR) is 135 cm³/mol. The fourth-order valence-corrected chi connectivity index (χ4v) is 4.15. The molecule has 0 aliphatic heterocycles. The second kappa shape index (κ2) is 11.1. The van der Waals surface area contributed by atoms with Crippen molar-refractivity contribution in [2.24, 2.45) is 0 Å². The summed E-state index contributed by atoms with van der Waals surface area (Å²) in [5.74, 6) is -1.30. The van der Waals surface area contributed by atoms with Gasteiger partial charge in [0.05, 0.1) is 6.42 Å². The van der Waals surface area contributed by atoms with Crippen LogP contribution in [0.1, 0.15) is 38.5 Å². The molecule has 6 nitrogen and oxygen atoms in total. The third-order valence-electron chi connectivity index (χ3n) is 5.79. The van der Waals surface area contributed by atoms with E-state index in [0.29, 0.717) is 17.7 Å². The first-order valence-corrected chi connectivity index (χ1v) is 11.4. The lowest BCUT2D eigenvalue weighted by atomic mass is 9.86. The molecular weight excluding hydrogens is 440 g/mol. The van der Waals surface area contributed by atoms with Gasteiger partial charge in [-0.25, -0.2) is 0 Å². The van der Waals surface area contributed by atoms with E-state index in [2.05, 4.69) is 29.6 Å². The molecule has 0 bridgehead atoms. The van der Waals surface area contributed by atoms with E-state index in [4.69, 9.17) is 5.11 Å². The molecule has 0 unspecified atom stereocenters. The molecule has 0 saturated heterocycles. The first-order valence-electron chi connectivity index (χ1n) is 11.4. The summed E-state index contributed by atoms with van der Waals surface area (Å²) in [4.78, 5) is 36.0. The van der Waals surface area contributed by atoms with Crippen molar-refractivity contribution in [1.82, 2.24) is 9.88 Å². The second-order valence-electron chi connectivity index (χ2n) is 8.28. The Morgan fingerprint density at radius 3 is 2.09 bits per heavy atom. The van der Waals surface area contributed by atoms with E-state index in [1.54, 1.807) is 34.9 Å². The van der Waals surface area contributed by atoms with E-state index in [-0.39, 0.29) is 30.3 Å². The highest BCUT2D eigenvalue weighted by molar-refractivity contribution is 5.94. The molecule has 6 heteroatoms. The van der Waals surface area contributed by atoms with Crippen molar-refractivity contribution in [2.45, 2.75) is 18.9 Å². The highest BCUT2D eigenvalue weighted by atomic mass is 16.4. The maximum atomic E-state index is 12.6. The zero-order valence-electron chi connectivity index (χ0n) is 19.1. The van der Waals surface area contributed by atoms with E-state index in [0.717, 1.165) is 16.7 Å². The van der Waals surface area contributed by atoms with Gasteiger partial charge in [0.15, 0.2) is 0 Å². The van der Waals surface area contributed by atoms with Crippen LogP contribution in [-0.2, 0) is 17.8 Å². The van der Waals surface area contributed by atoms with Crippen molar-refractivity contribution < 1.29 is 14.7 Å². The lowest BCUT2D eigenvalue weighted by Crippen LogP contribution is -2.30. The van der Waals surface area contributed by atoms with Gasteiger partial charge in [-0.2, -0.15) is 0 Å². The van der Waals surface area contributed by atoms with Crippen LogP contribution in [0.4, 0.5) is 0 Å². The Kier molecular flexibility index (Phi) is 7.53. The Morgan fingerprint density at radius 2 is 1.46 bits per heavy atom. The molecular formula is C29H26N2O4. The normalized spacial score (nSPS) is 10.8. The zero-order valence-corrected chi connectivity index (χ0v) is 19.1. The van der Waals surface area contributed by atoms with E-state index in [1.807, 2.05) is 48.7 Å². The quantitative estimate of drug-likeness (QED) is 0.389. The number of amides is 1. The molecule has 0 fully saturated rings. The van der Waals surface area contributed by atoms with Gasteiger partial charge in [-0.1, -0.05) is 78.9 Å². The molecule has 0 aliphatic carbocycles. The number of carbonyl (C=O) groups is 2. The van der Waals surface area contributed by atoms with Crippen molar-refractivity contribution in [1.29, 1.82) is 0 Å². The maximum absolute atomic E-state index is 12.6. The molecule has 1 heterocycles. The van der Waals surface area contributed by atoms with Gasteiger partial charge in [0, 0.05) is 36.8 Å². The Morgan fingerprint density at radius 1 is 0.800 bits per heavy atom. The van der Waals surface area contributed by atoms with Crippen LogP contribution in [0.15, 0.2) is 108 Å². The highest BCUT2D eigenvalue weighted by Gasteiger charge is 2.17. The van der Waals surface area contributed by atoms with Gasteiger partial charge >= 0.3 is 5.97 Å². The molecule has 0 saturated carbocycles. The van der Waals surface area contributed by atoms with Gasteiger partial charge in [0.2, 0.25) is 0 Å². The molecule has 0 radical (unpaired) electrons. The number of nitrogens with one attached hydrogen (secondary N) is 1. The second-order valence-corrected chi connectivity index (χ2v) is 8.28. The van der Waals surface area contributed by atoms with Gasteiger partial charge in [-0.15, -0.1) is 0 Å². The number of carboxylic acids is 1. The number of rotatable bonds is 9. The average molecular weight is 467 g/mol. The number of pyridine rings is 1. The maximum Gasteiger partial charge on any atom is 0.307 e. The Balaban J connectivity index is 1.51. The van der Waals surface area contributed by atoms with Crippen LogP contribution in [0.25, 0.3) is 0 Å². The van der Waals surface area contributed by atoms with Crippen molar-refractivity contribution in [3.63, 3.8) is 0 Å². The molecule has 1 aromatic heterocycles. The minimum atomic E-state index is -0.953. The molecule has 35 heavy (non-hydrogen) atoms. The number of nitrogens with zero attached hydrogens (tertiary/aromatic N) is 1. The molecule has 0 atom stereocenters. The summed E-state index contributed by atoms with van der Waals surface area (Å²) in [5.41, 5.74) is 4.03. The summed E-state index contributed by atoms with van der Waals surface area (Å²) >= 11 is 0. The number of carboxylic acid groups (broad SMARTS) is 1. The largest absolute Gasteiger partial charge is 0.481 e. The minimum Gasteiger partial charge on any atom is -0.481 e. The molecule has 1 amide bonds. The Bertz CT molecular complexity index is 1320. The minimum absolute atomic E-state index is 0.0317. The summed E-state index contributed by atoms with van der Waals surface area (Å²) in [6.07, 6.45) is 1.71. The van der Waals surface area contributed by atoms with Crippen LogP contribution < -0.4 is 10.9 Å². The highest BCUT2D eigenvalue weighted by Crippen LogP contribution is 2.31. The van der Waals surface area contributed by atoms with Crippen LogP contribution in [0.5, 0.6) is 0 Å². The van der Waals surface area contributed by atoms with Gasteiger partial charge in [-0.05, 0) is 34.4 Å². The monoisotopic (exact) mass is 466 g/mol. The third-order valence-corrected chi connectivity index (χ3v) is 5.79. The Labute approximate surface area is 203 Å². The summed E-state index contributed by atoms with van der Waals surface area (Å²) < 4.78 is 1.61. The zero-order chi connectivity index (χ0) is 24.6. The smallest absolute Gasteiger partial charge is 0.307 e. The van der Waals surface area contributed by atoms with Crippen LogP contribution in [0.3, 0.4) is 0 Å². The number of aliphatic carboxylic acids is 1. The van der Waals surface area contributed by atoms with Crippen molar-refractivity contribution in [3.05, 3.63) is 141 Å². The first kappa shape index (κ1) is 23.7. The predicted octanol–water partition coefficient (Wildman–Crippen LogP) is 4.09. The lowest BCUT2D eigenvalue weighted by Gasteiger charge is -2.20. The molecule has 3 aromatic carbocycles. The van der Waals surface area contributed by atoms with Gasteiger partial charge < -0.3 is 15.0 Å². The number of hydrogen-bond acceptors (Lipinski definition) is 3. The molecule has 0 aliphatic rings. The number of carbonyl (C=O) groups excluding carboxylic acids is 1. The lowest BCUT2D eigenvalue weighted by molar-refractivity contribution is -0.136. The van der Waals surface area contributed by atoms with Crippen LogP contribution >= 0.6 is 0 Å². The van der Waals surface area contributed by atoms with Crippen molar-refractivity contribution >= 4 is 11.9 Å².